The monoisotopic (exact) mass is 323 g/mol. The van der Waals surface area contributed by atoms with Crippen LogP contribution in [0.5, 0.6) is 0 Å². The van der Waals surface area contributed by atoms with Crippen LogP contribution < -0.4 is 5.32 Å². The van der Waals surface area contributed by atoms with E-state index < -0.39 is 0 Å². The summed E-state index contributed by atoms with van der Waals surface area (Å²) in [5.74, 6) is -0.310. The molecule has 8 heteroatoms. The number of nitrogens with one attached hydrogen (secondary N) is 1. The summed E-state index contributed by atoms with van der Waals surface area (Å²) in [6.07, 6.45) is 0.283. The standard InChI is InChI=1S/C13H13N3O3S2/c1-19-11(18)8-20-13-16-15-12(21-13)14-10(17)7-9-5-3-2-4-6-9/h2-6H,7-8H2,1H3,(H,14,15,17). The molecular formula is C13H13N3O3S2. The number of hydrogen-bond acceptors (Lipinski definition) is 7. The van der Waals surface area contributed by atoms with Crippen molar-refractivity contribution >= 4 is 40.1 Å². The van der Waals surface area contributed by atoms with E-state index in [1.54, 1.807) is 0 Å². The molecule has 0 saturated carbocycles. The molecule has 0 aliphatic heterocycles. The Morgan fingerprint density at radius 2 is 2.05 bits per heavy atom. The molecule has 0 aliphatic rings. The van der Waals surface area contributed by atoms with Crippen LogP contribution in [0.4, 0.5) is 5.13 Å². The van der Waals surface area contributed by atoms with Gasteiger partial charge >= 0.3 is 5.97 Å². The van der Waals surface area contributed by atoms with Crippen molar-refractivity contribution in [3.63, 3.8) is 0 Å². The summed E-state index contributed by atoms with van der Waals surface area (Å²) >= 11 is 2.45. The number of carbonyl (C=O) groups excluding carboxylic acids is 2. The van der Waals surface area contributed by atoms with Crippen LogP contribution in [0.2, 0.25) is 0 Å². The topological polar surface area (TPSA) is 81.2 Å². The van der Waals surface area contributed by atoms with Crippen LogP contribution in [0, 0.1) is 0 Å². The molecule has 2 rings (SSSR count). The molecule has 2 aromatic rings. The summed E-state index contributed by atoms with van der Waals surface area (Å²) in [7, 11) is 1.33. The molecule has 1 aromatic carbocycles. The number of methoxy groups -OCH3 is 1. The maximum absolute atomic E-state index is 11.9. The second-order valence-corrected chi connectivity index (χ2v) is 6.15. The van der Waals surface area contributed by atoms with Gasteiger partial charge in [0.05, 0.1) is 19.3 Å². The van der Waals surface area contributed by atoms with E-state index in [2.05, 4.69) is 20.3 Å². The molecule has 6 nitrogen and oxygen atoms in total. The molecule has 21 heavy (non-hydrogen) atoms. The van der Waals surface area contributed by atoms with E-state index in [0.717, 1.165) is 5.56 Å². The highest BCUT2D eigenvalue weighted by molar-refractivity contribution is 8.01. The minimum absolute atomic E-state index is 0.151. The fraction of sp³-hybridized carbons (Fsp3) is 0.231. The quantitative estimate of drug-likeness (QED) is 0.497. The highest BCUT2D eigenvalue weighted by Gasteiger charge is 2.10. The fourth-order valence-corrected chi connectivity index (χ4v) is 3.04. The number of amides is 1. The molecule has 1 heterocycles. The Morgan fingerprint density at radius 1 is 1.29 bits per heavy atom. The number of benzene rings is 1. The van der Waals surface area contributed by atoms with Gasteiger partial charge in [0.2, 0.25) is 11.0 Å². The first-order valence-corrected chi connectivity index (χ1v) is 7.84. The van der Waals surface area contributed by atoms with Gasteiger partial charge in [-0.3, -0.25) is 9.59 Å². The third-order valence-electron chi connectivity index (χ3n) is 2.40. The maximum atomic E-state index is 11.9. The van der Waals surface area contributed by atoms with Gasteiger partial charge in [-0.05, 0) is 5.56 Å². The molecule has 110 valence electrons. The van der Waals surface area contributed by atoms with Crippen LogP contribution in [0.1, 0.15) is 5.56 Å². The average Bonchev–Trinajstić information content (AvgIpc) is 2.93. The predicted octanol–water partition coefficient (Wildman–Crippen LogP) is 1.98. The molecule has 0 spiro atoms. The van der Waals surface area contributed by atoms with Crippen molar-refractivity contribution in [2.75, 3.05) is 18.2 Å². The number of anilines is 1. The number of aromatic nitrogens is 2. The van der Waals surface area contributed by atoms with Gasteiger partial charge in [-0.25, -0.2) is 0 Å². The van der Waals surface area contributed by atoms with Gasteiger partial charge in [-0.2, -0.15) is 0 Å². The number of thioether (sulfide) groups is 1. The summed E-state index contributed by atoms with van der Waals surface area (Å²) in [5, 5.41) is 10.9. The zero-order valence-corrected chi connectivity index (χ0v) is 12.9. The van der Waals surface area contributed by atoms with E-state index in [1.165, 1.54) is 30.2 Å². The normalized spacial score (nSPS) is 10.1. The smallest absolute Gasteiger partial charge is 0.316 e. The number of hydrogen-bond donors (Lipinski definition) is 1. The lowest BCUT2D eigenvalue weighted by Gasteiger charge is -2.00. The molecule has 0 bridgehead atoms. The van der Waals surface area contributed by atoms with Crippen LogP contribution in [0.25, 0.3) is 0 Å². The van der Waals surface area contributed by atoms with Gasteiger partial charge in [0.15, 0.2) is 4.34 Å². The van der Waals surface area contributed by atoms with E-state index in [1.807, 2.05) is 30.3 Å². The summed E-state index contributed by atoms with van der Waals surface area (Å²) < 4.78 is 5.14. The van der Waals surface area contributed by atoms with Crippen LogP contribution in [0.3, 0.4) is 0 Å². The third kappa shape index (κ3) is 5.16. The van der Waals surface area contributed by atoms with E-state index in [9.17, 15) is 9.59 Å². The summed E-state index contributed by atoms with van der Waals surface area (Å²) in [6, 6.07) is 9.44. The zero-order valence-electron chi connectivity index (χ0n) is 11.2. The molecule has 1 aromatic heterocycles. The molecule has 1 N–H and O–H groups in total. The highest BCUT2D eigenvalue weighted by Crippen LogP contribution is 2.25. The van der Waals surface area contributed by atoms with E-state index in [4.69, 9.17) is 0 Å². The van der Waals surface area contributed by atoms with Crippen molar-refractivity contribution < 1.29 is 14.3 Å². The number of esters is 1. The van der Waals surface area contributed by atoms with Crippen LogP contribution in [-0.2, 0) is 20.7 Å². The van der Waals surface area contributed by atoms with E-state index in [0.29, 0.717) is 9.47 Å². The zero-order chi connectivity index (χ0) is 15.1. The minimum atomic E-state index is -0.329. The van der Waals surface area contributed by atoms with Crippen molar-refractivity contribution in [3.8, 4) is 0 Å². The van der Waals surface area contributed by atoms with Gasteiger partial charge in [-0.1, -0.05) is 53.4 Å². The fourth-order valence-electron chi connectivity index (χ4n) is 1.44. The van der Waals surface area contributed by atoms with Gasteiger partial charge in [-0.15, -0.1) is 10.2 Å². The van der Waals surface area contributed by atoms with Crippen molar-refractivity contribution in [1.82, 2.24) is 10.2 Å². The highest BCUT2D eigenvalue weighted by atomic mass is 32.2. The third-order valence-corrected chi connectivity index (χ3v) is 4.35. The Kier molecular flexibility index (Phi) is 5.70. The summed E-state index contributed by atoms with van der Waals surface area (Å²) in [6.45, 7) is 0. The SMILES string of the molecule is COC(=O)CSc1nnc(NC(=O)Cc2ccccc2)s1. The Morgan fingerprint density at radius 3 is 2.76 bits per heavy atom. The largest absolute Gasteiger partial charge is 0.468 e. The number of nitrogens with zero attached hydrogens (tertiary/aromatic N) is 2. The lowest BCUT2D eigenvalue weighted by Crippen LogP contribution is -2.14. The lowest BCUT2D eigenvalue weighted by molar-refractivity contribution is -0.137. The Balaban J connectivity index is 1.84. The van der Waals surface area contributed by atoms with Crippen molar-refractivity contribution in [2.45, 2.75) is 10.8 Å². The first-order valence-electron chi connectivity index (χ1n) is 6.04. The van der Waals surface area contributed by atoms with Crippen molar-refractivity contribution in [3.05, 3.63) is 35.9 Å². The van der Waals surface area contributed by atoms with Crippen LogP contribution in [-0.4, -0.2) is 34.9 Å². The number of carbonyl (C=O) groups is 2. The van der Waals surface area contributed by atoms with E-state index >= 15 is 0 Å². The molecule has 0 aliphatic carbocycles. The van der Waals surface area contributed by atoms with Crippen molar-refractivity contribution in [1.29, 1.82) is 0 Å². The Bertz CT molecular complexity index is 616. The second-order valence-electron chi connectivity index (χ2n) is 3.95. The van der Waals surface area contributed by atoms with Crippen LogP contribution >= 0.6 is 23.1 Å². The lowest BCUT2D eigenvalue weighted by atomic mass is 10.1. The second kappa shape index (κ2) is 7.75. The maximum Gasteiger partial charge on any atom is 0.316 e. The van der Waals surface area contributed by atoms with E-state index in [-0.39, 0.29) is 24.1 Å². The molecule has 0 saturated heterocycles. The predicted molar refractivity (Wildman–Crippen MR) is 81.4 cm³/mol. The summed E-state index contributed by atoms with van der Waals surface area (Å²) in [5.41, 5.74) is 0.930. The first-order chi connectivity index (χ1) is 10.2. The number of ether oxygens (including phenoxy) is 1. The minimum Gasteiger partial charge on any atom is -0.468 e. The molecule has 0 unspecified atom stereocenters. The summed E-state index contributed by atoms with van der Waals surface area (Å²) in [4.78, 5) is 22.9. The van der Waals surface area contributed by atoms with Crippen LogP contribution in [0.15, 0.2) is 34.7 Å². The first kappa shape index (κ1) is 15.5. The Hall–Kier alpha value is -1.93. The molecule has 0 fully saturated rings. The molecule has 1 amide bonds. The van der Waals surface area contributed by atoms with Gasteiger partial charge in [0.1, 0.15) is 0 Å². The molecular weight excluding hydrogens is 310 g/mol. The molecule has 0 atom stereocenters. The van der Waals surface area contributed by atoms with Crippen molar-refractivity contribution in [2.24, 2.45) is 0 Å². The number of rotatable bonds is 6. The van der Waals surface area contributed by atoms with Gasteiger partial charge in [0, 0.05) is 0 Å². The Labute approximate surface area is 129 Å². The van der Waals surface area contributed by atoms with Gasteiger partial charge < -0.3 is 10.1 Å². The van der Waals surface area contributed by atoms with Gasteiger partial charge in [0.25, 0.3) is 0 Å². The molecule has 0 radical (unpaired) electrons. The average molecular weight is 323 g/mol.